The van der Waals surface area contributed by atoms with Crippen molar-refractivity contribution in [3.8, 4) is 5.75 Å². The molecule has 0 amide bonds. The van der Waals surface area contributed by atoms with Gasteiger partial charge in [-0.1, -0.05) is 87.9 Å². The number of quaternary nitrogens is 1. The quantitative estimate of drug-likeness (QED) is 0.128. The van der Waals surface area contributed by atoms with Crippen molar-refractivity contribution in [3.05, 3.63) is 136 Å². The topological polar surface area (TPSA) is 100 Å². The van der Waals surface area contributed by atoms with E-state index in [1.165, 1.54) is 40.1 Å². The summed E-state index contributed by atoms with van der Waals surface area (Å²) in [5, 5.41) is 0. The summed E-state index contributed by atoms with van der Waals surface area (Å²) in [5.74, 6) is 1.36. The number of nitrogens with one attached hydrogen (secondary N) is 1. The maximum absolute atomic E-state index is 11.3. The lowest BCUT2D eigenvalue weighted by molar-refractivity contribution is -0.850. The summed E-state index contributed by atoms with van der Waals surface area (Å²) in [5.41, 5.74) is 15.4. The summed E-state index contributed by atoms with van der Waals surface area (Å²) in [4.78, 5) is 3.84. The van der Waals surface area contributed by atoms with Gasteiger partial charge in [0, 0.05) is 41.2 Å². The van der Waals surface area contributed by atoms with Crippen LogP contribution in [0.15, 0.2) is 120 Å². The van der Waals surface area contributed by atoms with Gasteiger partial charge in [-0.05, 0) is 111 Å². The van der Waals surface area contributed by atoms with Crippen LogP contribution in [-0.4, -0.2) is 37.9 Å². The Morgan fingerprint density at radius 2 is 1.64 bits per heavy atom. The number of fused-ring (bicyclic) bond motifs is 2. The monoisotopic (exact) mass is 735 g/mol. The third kappa shape index (κ3) is 8.41. The number of benzene rings is 3. The molecule has 282 valence electrons. The van der Waals surface area contributed by atoms with Crippen LogP contribution in [0, 0.1) is 0 Å². The molecule has 0 saturated heterocycles. The number of hydrogen-bond donors (Lipinski definition) is 2. The average Bonchev–Trinajstić information content (AvgIpc) is 3.49. The van der Waals surface area contributed by atoms with Crippen LogP contribution in [0.5, 0.6) is 5.75 Å². The van der Waals surface area contributed by atoms with Gasteiger partial charge in [0.25, 0.3) is 0 Å². The first-order valence-corrected chi connectivity index (χ1v) is 21.0. The maximum atomic E-state index is 11.3. The van der Waals surface area contributed by atoms with Crippen LogP contribution in [0.25, 0.3) is 0 Å². The Morgan fingerprint density at radius 1 is 0.925 bits per heavy atom. The Hall–Kier alpha value is -3.95. The molecule has 53 heavy (non-hydrogen) atoms. The molecule has 2 heterocycles. The van der Waals surface area contributed by atoms with E-state index in [4.69, 9.17) is 10.5 Å². The minimum absolute atomic E-state index is 0.0159. The van der Waals surface area contributed by atoms with Crippen molar-refractivity contribution in [2.45, 2.75) is 103 Å². The lowest BCUT2D eigenvalue weighted by atomic mass is 9.80. The normalized spacial score (nSPS) is 22.2. The van der Waals surface area contributed by atoms with E-state index in [9.17, 15) is 13.0 Å². The average molecular weight is 736 g/mol. The standard InChI is InChI=1S/C45H57N3O4S/c1-6-7-29-47-39-19-10-8-17-37(39)44(2,3)41(47)27-23-34-15-14-16-35(43(34)52-36-25-21-33(32-46)22-26-36)24-28-42-45(4,5)38-18-9-11-20-40(38)48(42)30-12-13-31-53(49,50)51/h8-11,17-28,41H,6-7,12-16,29-32,46H2,1-5H3,(H,49,50,51)/b27-23+,35-24+,42-28+. The highest BCUT2D eigenvalue weighted by molar-refractivity contribution is 7.85. The van der Waals surface area contributed by atoms with E-state index in [0.29, 0.717) is 32.0 Å². The van der Waals surface area contributed by atoms with Gasteiger partial charge in [-0.2, -0.15) is 0 Å². The van der Waals surface area contributed by atoms with Crippen molar-refractivity contribution >= 4 is 21.5 Å². The van der Waals surface area contributed by atoms with Crippen LogP contribution in [-0.2, 0) is 27.5 Å². The number of para-hydroxylation sites is 2. The molecule has 0 fully saturated rings. The van der Waals surface area contributed by atoms with E-state index in [1.54, 1.807) is 0 Å². The molecule has 2 atom stereocenters. The fraction of sp³-hybridized carbons (Fsp3) is 0.422. The molecule has 1 aliphatic carbocycles. The van der Waals surface area contributed by atoms with Crippen LogP contribution >= 0.6 is 0 Å². The smallest absolute Gasteiger partial charge is 0.135 e. The largest absolute Gasteiger partial charge is 0.748 e. The van der Waals surface area contributed by atoms with Gasteiger partial charge in [0.1, 0.15) is 23.2 Å². The number of rotatable bonds is 14. The zero-order valence-corrected chi connectivity index (χ0v) is 33.0. The summed E-state index contributed by atoms with van der Waals surface area (Å²) in [6.45, 7) is 13.7. The molecule has 3 aliphatic rings. The molecule has 0 bridgehead atoms. The minimum Gasteiger partial charge on any atom is -0.748 e. The molecule has 0 saturated carbocycles. The van der Waals surface area contributed by atoms with Crippen molar-refractivity contribution in [2.24, 2.45) is 5.73 Å². The maximum Gasteiger partial charge on any atom is 0.135 e. The summed E-state index contributed by atoms with van der Waals surface area (Å²) >= 11 is 0. The lowest BCUT2D eigenvalue weighted by Gasteiger charge is -2.28. The SMILES string of the molecule is CCCC[NH+]1c2ccccc2C(C)(C)C1/C=C/C1=C(Oc2ccc(CN)cc2)C(=C/C=C2/N(CCCCS(=O)(=O)[O-])c3ccccc3C2(C)C)/CCC1. The Kier molecular flexibility index (Phi) is 11.8. The Balaban J connectivity index is 1.39. The minimum atomic E-state index is -4.25. The summed E-state index contributed by atoms with van der Waals surface area (Å²) in [7, 11) is -4.25. The molecule has 2 aliphatic heterocycles. The third-order valence-corrected chi connectivity index (χ3v) is 12.3. The lowest BCUT2D eigenvalue weighted by Crippen LogP contribution is -3.10. The van der Waals surface area contributed by atoms with Crippen LogP contribution in [0.4, 0.5) is 11.4 Å². The summed E-state index contributed by atoms with van der Waals surface area (Å²) < 4.78 is 40.9. The van der Waals surface area contributed by atoms with Gasteiger partial charge >= 0.3 is 0 Å². The van der Waals surface area contributed by atoms with Gasteiger partial charge in [0.2, 0.25) is 0 Å². The van der Waals surface area contributed by atoms with Gasteiger partial charge in [0.05, 0.1) is 22.1 Å². The fourth-order valence-corrected chi connectivity index (χ4v) is 9.15. The van der Waals surface area contributed by atoms with E-state index in [0.717, 1.165) is 59.8 Å². The fourth-order valence-electron chi connectivity index (χ4n) is 8.60. The number of ether oxygens (including phenoxy) is 1. The predicted octanol–water partition coefficient (Wildman–Crippen LogP) is 8.13. The van der Waals surface area contributed by atoms with Gasteiger partial charge in [-0.3, -0.25) is 4.90 Å². The molecule has 6 rings (SSSR count). The van der Waals surface area contributed by atoms with Crippen LogP contribution in [0.3, 0.4) is 0 Å². The van der Waals surface area contributed by atoms with Crippen molar-refractivity contribution in [1.82, 2.24) is 0 Å². The van der Waals surface area contributed by atoms with Crippen molar-refractivity contribution < 1.29 is 22.6 Å². The van der Waals surface area contributed by atoms with Crippen molar-refractivity contribution in [2.75, 3.05) is 23.7 Å². The van der Waals surface area contributed by atoms with Crippen LogP contribution in [0.2, 0.25) is 0 Å². The number of hydrogen-bond acceptors (Lipinski definition) is 6. The Bertz CT molecular complexity index is 2010. The first-order valence-electron chi connectivity index (χ1n) is 19.4. The molecular formula is C45H57N3O4S. The number of nitrogens with zero attached hydrogens (tertiary/aromatic N) is 1. The highest BCUT2D eigenvalue weighted by Gasteiger charge is 2.47. The number of unbranched alkanes of at least 4 members (excludes halogenated alkanes) is 2. The first-order chi connectivity index (χ1) is 25.3. The van der Waals surface area contributed by atoms with Crippen LogP contribution < -0.4 is 20.3 Å². The van der Waals surface area contributed by atoms with Crippen molar-refractivity contribution in [1.29, 1.82) is 0 Å². The second kappa shape index (κ2) is 16.2. The highest BCUT2D eigenvalue weighted by atomic mass is 32.2. The summed E-state index contributed by atoms with van der Waals surface area (Å²) in [6.07, 6.45) is 15.4. The first kappa shape index (κ1) is 38.8. The number of nitrogens with two attached hydrogens (primary N) is 1. The molecule has 3 N–H and O–H groups in total. The molecule has 2 unspecified atom stereocenters. The van der Waals surface area contributed by atoms with E-state index in [-0.39, 0.29) is 16.6 Å². The highest BCUT2D eigenvalue weighted by Crippen LogP contribution is 2.48. The molecule has 7 nitrogen and oxygen atoms in total. The second-order valence-corrected chi connectivity index (χ2v) is 17.4. The van der Waals surface area contributed by atoms with Crippen LogP contribution in [0.1, 0.15) is 96.3 Å². The molecule has 8 heteroatoms. The predicted molar refractivity (Wildman–Crippen MR) is 215 cm³/mol. The molecule has 0 spiro atoms. The van der Waals surface area contributed by atoms with E-state index < -0.39 is 10.1 Å². The third-order valence-electron chi connectivity index (χ3n) is 11.5. The Morgan fingerprint density at radius 3 is 2.36 bits per heavy atom. The molecule has 0 radical (unpaired) electrons. The number of anilines is 1. The van der Waals surface area contributed by atoms with Gasteiger partial charge in [0.15, 0.2) is 0 Å². The second-order valence-electron chi connectivity index (χ2n) is 15.9. The van der Waals surface area contributed by atoms with E-state index >= 15 is 0 Å². The zero-order valence-electron chi connectivity index (χ0n) is 32.2. The van der Waals surface area contributed by atoms with Gasteiger partial charge in [-0.25, -0.2) is 8.42 Å². The van der Waals surface area contributed by atoms with E-state index in [1.807, 2.05) is 30.3 Å². The van der Waals surface area contributed by atoms with Gasteiger partial charge in [-0.15, -0.1) is 0 Å². The molecule has 3 aromatic rings. The zero-order chi connectivity index (χ0) is 37.8. The van der Waals surface area contributed by atoms with E-state index in [2.05, 4.69) is 106 Å². The van der Waals surface area contributed by atoms with Gasteiger partial charge < -0.3 is 19.9 Å². The van der Waals surface area contributed by atoms with Crippen molar-refractivity contribution in [3.63, 3.8) is 0 Å². The number of allylic oxidation sites excluding steroid dienone is 6. The molecule has 3 aromatic carbocycles. The molecule has 0 aromatic heterocycles. The Labute approximate surface area is 317 Å². The summed E-state index contributed by atoms with van der Waals surface area (Å²) in [6, 6.07) is 25.8. The molecular weight excluding hydrogens is 679 g/mol.